The van der Waals surface area contributed by atoms with Gasteiger partial charge in [-0.05, 0) is 43.0 Å². The molecule has 1 aliphatic rings. The van der Waals surface area contributed by atoms with E-state index < -0.39 is 12.0 Å². The molecule has 1 atom stereocenters. The Balaban J connectivity index is 1.77. The third-order valence-electron chi connectivity index (χ3n) is 5.43. The normalized spacial score (nSPS) is 16.2. The Hall–Kier alpha value is -3.41. The zero-order chi connectivity index (χ0) is 20.4. The number of carbonyl (C=O) groups excluding carboxylic acids is 1. The number of amides is 1. The number of benzene rings is 2. The molecule has 1 aliphatic heterocycles. The highest BCUT2D eigenvalue weighted by Gasteiger charge is 2.32. The molecule has 1 amide bonds. The molecule has 0 saturated carbocycles. The Bertz CT molecular complexity index is 1080. The fourth-order valence-corrected chi connectivity index (χ4v) is 3.93. The van der Waals surface area contributed by atoms with Crippen molar-refractivity contribution in [1.29, 1.82) is 0 Å². The lowest BCUT2D eigenvalue weighted by Crippen LogP contribution is -2.36. The smallest absolute Gasteiger partial charge is 0.326 e. The van der Waals surface area contributed by atoms with Crippen molar-refractivity contribution in [2.24, 2.45) is 0 Å². The van der Waals surface area contributed by atoms with Crippen LogP contribution in [0.1, 0.15) is 35.7 Å². The van der Waals surface area contributed by atoms with Crippen LogP contribution < -0.4 is 10.2 Å². The van der Waals surface area contributed by atoms with Gasteiger partial charge in [0.2, 0.25) is 0 Å². The quantitative estimate of drug-likeness (QED) is 0.686. The van der Waals surface area contributed by atoms with Crippen molar-refractivity contribution in [1.82, 2.24) is 4.98 Å². The molecule has 0 spiro atoms. The lowest BCUT2D eigenvalue weighted by molar-refractivity contribution is -0.138. The van der Waals surface area contributed by atoms with Crippen LogP contribution in [0.3, 0.4) is 0 Å². The lowest BCUT2D eigenvalue weighted by atomic mass is 10.1. The van der Waals surface area contributed by atoms with E-state index in [-0.39, 0.29) is 5.91 Å². The van der Waals surface area contributed by atoms with Crippen LogP contribution in [-0.2, 0) is 11.2 Å². The predicted octanol–water partition coefficient (Wildman–Crippen LogP) is 4.10. The van der Waals surface area contributed by atoms with E-state index in [1.807, 2.05) is 55.5 Å². The maximum Gasteiger partial charge on any atom is 0.326 e. The molecule has 4 rings (SSSR count). The Morgan fingerprint density at radius 3 is 2.72 bits per heavy atom. The largest absolute Gasteiger partial charge is 0.480 e. The maximum atomic E-state index is 13.2. The topological polar surface area (TPSA) is 82.5 Å². The van der Waals surface area contributed by atoms with Crippen LogP contribution in [0.2, 0.25) is 0 Å². The number of rotatable bonds is 5. The molecule has 6 nitrogen and oxygen atoms in total. The van der Waals surface area contributed by atoms with Crippen molar-refractivity contribution in [3.63, 3.8) is 0 Å². The third kappa shape index (κ3) is 3.66. The van der Waals surface area contributed by atoms with Crippen LogP contribution in [0, 0.1) is 0 Å². The van der Waals surface area contributed by atoms with Gasteiger partial charge < -0.3 is 15.3 Å². The first-order chi connectivity index (χ1) is 14.1. The number of pyridine rings is 1. The summed E-state index contributed by atoms with van der Waals surface area (Å²) >= 11 is 0. The van der Waals surface area contributed by atoms with E-state index in [2.05, 4.69) is 10.3 Å². The minimum Gasteiger partial charge on any atom is -0.480 e. The van der Waals surface area contributed by atoms with E-state index in [0.717, 1.165) is 29.5 Å². The first-order valence-corrected chi connectivity index (χ1v) is 9.87. The molecule has 0 unspecified atom stereocenters. The number of nitrogens with one attached hydrogen (secondary N) is 1. The van der Waals surface area contributed by atoms with Crippen molar-refractivity contribution >= 4 is 34.3 Å². The SMILES string of the molecule is CCc1ccccc1NC(=O)c1cc(N2CCC[C@H]2C(=O)O)nc2ccccc12. The number of aromatic nitrogens is 1. The summed E-state index contributed by atoms with van der Waals surface area (Å²) in [6, 6.07) is 16.3. The fourth-order valence-electron chi connectivity index (χ4n) is 3.93. The summed E-state index contributed by atoms with van der Waals surface area (Å²) in [6.07, 6.45) is 2.18. The van der Waals surface area contributed by atoms with Gasteiger partial charge in [0.1, 0.15) is 11.9 Å². The minimum absolute atomic E-state index is 0.225. The highest BCUT2D eigenvalue weighted by molar-refractivity contribution is 6.13. The molecule has 2 heterocycles. The second kappa shape index (κ2) is 7.91. The van der Waals surface area contributed by atoms with Crippen molar-refractivity contribution in [3.05, 3.63) is 65.7 Å². The van der Waals surface area contributed by atoms with Crippen LogP contribution in [0.15, 0.2) is 54.6 Å². The molecule has 0 bridgehead atoms. The number of nitrogens with zero attached hydrogens (tertiary/aromatic N) is 2. The molecular weight excluding hydrogens is 366 g/mol. The van der Waals surface area contributed by atoms with Crippen LogP contribution >= 0.6 is 0 Å². The van der Waals surface area contributed by atoms with E-state index in [9.17, 15) is 14.7 Å². The highest BCUT2D eigenvalue weighted by atomic mass is 16.4. The molecule has 29 heavy (non-hydrogen) atoms. The van der Waals surface area contributed by atoms with Crippen LogP contribution in [0.5, 0.6) is 0 Å². The van der Waals surface area contributed by atoms with Crippen molar-refractivity contribution in [3.8, 4) is 0 Å². The Kier molecular flexibility index (Phi) is 5.16. The Morgan fingerprint density at radius 1 is 1.17 bits per heavy atom. The maximum absolute atomic E-state index is 13.2. The van der Waals surface area contributed by atoms with E-state index in [4.69, 9.17) is 0 Å². The summed E-state index contributed by atoms with van der Waals surface area (Å²) in [6.45, 7) is 2.66. The van der Waals surface area contributed by atoms with Crippen LogP contribution in [-0.4, -0.2) is 34.6 Å². The average molecular weight is 389 g/mol. The number of carboxylic acids is 1. The van der Waals surface area contributed by atoms with E-state index in [1.54, 1.807) is 11.0 Å². The van der Waals surface area contributed by atoms with Crippen molar-refractivity contribution < 1.29 is 14.7 Å². The lowest BCUT2D eigenvalue weighted by Gasteiger charge is -2.23. The molecule has 1 aromatic heterocycles. The molecule has 1 saturated heterocycles. The molecule has 1 fully saturated rings. The Labute approximate surface area is 169 Å². The molecule has 3 aromatic rings. The number of aliphatic carboxylic acids is 1. The van der Waals surface area contributed by atoms with Gasteiger partial charge in [-0.15, -0.1) is 0 Å². The summed E-state index contributed by atoms with van der Waals surface area (Å²) < 4.78 is 0. The zero-order valence-corrected chi connectivity index (χ0v) is 16.3. The first-order valence-electron chi connectivity index (χ1n) is 9.87. The number of fused-ring (bicyclic) bond motifs is 1. The number of hydrogen-bond acceptors (Lipinski definition) is 4. The standard InChI is InChI=1S/C23H23N3O3/c1-2-15-8-3-5-10-18(15)25-22(27)17-14-21(24-19-11-6-4-9-16(17)19)26-13-7-12-20(26)23(28)29/h3-6,8-11,14,20H,2,7,12-13H2,1H3,(H,25,27)(H,28,29)/t20-/m0/s1. The van der Waals surface area contributed by atoms with Gasteiger partial charge in [-0.3, -0.25) is 4.79 Å². The van der Waals surface area contributed by atoms with Gasteiger partial charge >= 0.3 is 5.97 Å². The number of para-hydroxylation sites is 2. The number of hydrogen-bond donors (Lipinski definition) is 2. The van der Waals surface area contributed by atoms with E-state index >= 15 is 0 Å². The van der Waals surface area contributed by atoms with Crippen LogP contribution in [0.4, 0.5) is 11.5 Å². The summed E-state index contributed by atoms with van der Waals surface area (Å²) in [5, 5.41) is 13.3. The molecule has 6 heteroatoms. The molecular formula is C23H23N3O3. The van der Waals surface area contributed by atoms with Crippen LogP contribution in [0.25, 0.3) is 10.9 Å². The average Bonchev–Trinajstić information content (AvgIpc) is 3.23. The van der Waals surface area contributed by atoms with Crippen molar-refractivity contribution in [2.45, 2.75) is 32.2 Å². The number of anilines is 2. The molecule has 0 aliphatic carbocycles. The summed E-state index contributed by atoms with van der Waals surface area (Å²) in [5.41, 5.74) is 3.01. The van der Waals surface area contributed by atoms with Gasteiger partial charge in [0.15, 0.2) is 0 Å². The molecule has 148 valence electrons. The first kappa shape index (κ1) is 18.9. The van der Waals surface area contributed by atoms with Gasteiger partial charge in [0.05, 0.1) is 11.1 Å². The molecule has 0 radical (unpaired) electrons. The zero-order valence-electron chi connectivity index (χ0n) is 16.3. The minimum atomic E-state index is -0.861. The number of aryl methyl sites for hydroxylation is 1. The van der Waals surface area contributed by atoms with Gasteiger partial charge in [-0.2, -0.15) is 0 Å². The summed E-state index contributed by atoms with van der Waals surface area (Å²) in [7, 11) is 0. The highest BCUT2D eigenvalue weighted by Crippen LogP contribution is 2.29. The predicted molar refractivity (Wildman–Crippen MR) is 114 cm³/mol. The van der Waals surface area contributed by atoms with Gasteiger partial charge in [0.25, 0.3) is 5.91 Å². The monoisotopic (exact) mass is 389 g/mol. The molecule has 2 aromatic carbocycles. The summed E-state index contributed by atoms with van der Waals surface area (Å²) in [4.78, 5) is 31.3. The summed E-state index contributed by atoms with van der Waals surface area (Å²) in [5.74, 6) is -0.556. The second-order valence-electron chi connectivity index (χ2n) is 7.20. The number of carboxylic acid groups (broad SMARTS) is 1. The molecule has 2 N–H and O–H groups in total. The third-order valence-corrected chi connectivity index (χ3v) is 5.43. The van der Waals surface area contributed by atoms with Gasteiger partial charge in [-0.25, -0.2) is 9.78 Å². The number of carbonyl (C=O) groups is 2. The second-order valence-corrected chi connectivity index (χ2v) is 7.20. The fraction of sp³-hybridized carbons (Fsp3) is 0.261. The van der Waals surface area contributed by atoms with Crippen molar-refractivity contribution in [2.75, 3.05) is 16.8 Å². The van der Waals surface area contributed by atoms with Gasteiger partial charge in [-0.1, -0.05) is 43.3 Å². The van der Waals surface area contributed by atoms with Gasteiger partial charge in [0, 0.05) is 17.6 Å². The van der Waals surface area contributed by atoms with E-state index in [1.165, 1.54) is 0 Å². The Morgan fingerprint density at radius 2 is 1.93 bits per heavy atom. The van der Waals surface area contributed by atoms with E-state index in [0.29, 0.717) is 29.9 Å².